The van der Waals surface area contributed by atoms with Crippen molar-refractivity contribution in [3.05, 3.63) is 0 Å². The molecule has 108 valence electrons. The summed E-state index contributed by atoms with van der Waals surface area (Å²) in [6.45, 7) is 10.4. The Labute approximate surface area is 114 Å². The molecule has 0 aromatic rings. The average Bonchev–Trinajstić information content (AvgIpc) is 2.36. The monoisotopic (exact) mass is 255 g/mol. The minimum absolute atomic E-state index is 0.141. The zero-order chi connectivity index (χ0) is 13.8. The largest absolute Gasteiger partial charge is 0.342 e. The number of nitrogens with zero attached hydrogens (tertiary/aromatic N) is 1. The lowest BCUT2D eigenvalue weighted by molar-refractivity contribution is -0.134. The Morgan fingerprint density at radius 3 is 1.61 bits per heavy atom. The van der Waals surface area contributed by atoms with Gasteiger partial charge in [-0.1, -0.05) is 66.2 Å². The van der Waals surface area contributed by atoms with E-state index in [0.717, 1.165) is 13.1 Å². The van der Waals surface area contributed by atoms with Crippen molar-refractivity contribution >= 4 is 5.91 Å². The van der Waals surface area contributed by atoms with E-state index < -0.39 is 0 Å². The molecule has 0 N–H and O–H groups in total. The van der Waals surface area contributed by atoms with Gasteiger partial charge in [-0.3, -0.25) is 4.79 Å². The fraction of sp³-hybridized carbons (Fsp3) is 0.938. The maximum atomic E-state index is 12.1. The molecule has 0 radical (unpaired) electrons. The summed E-state index contributed by atoms with van der Waals surface area (Å²) in [7, 11) is 0. The van der Waals surface area contributed by atoms with Gasteiger partial charge in [-0.25, -0.2) is 0 Å². The maximum absolute atomic E-state index is 12.1. The first kappa shape index (κ1) is 17.5. The van der Waals surface area contributed by atoms with Crippen LogP contribution in [-0.2, 0) is 4.79 Å². The Kier molecular flexibility index (Phi) is 11.2. The van der Waals surface area contributed by atoms with Crippen LogP contribution in [0.15, 0.2) is 0 Å². The molecule has 0 saturated carbocycles. The number of carbonyl (C=O) groups excluding carboxylic acids is 1. The average molecular weight is 255 g/mol. The van der Waals surface area contributed by atoms with Crippen LogP contribution < -0.4 is 0 Å². The van der Waals surface area contributed by atoms with Crippen LogP contribution in [-0.4, -0.2) is 23.9 Å². The number of hydrogen-bond acceptors (Lipinski definition) is 1. The summed E-state index contributed by atoms with van der Waals surface area (Å²) in [5, 5.41) is 0. The van der Waals surface area contributed by atoms with Gasteiger partial charge in [0.2, 0.25) is 5.91 Å². The highest BCUT2D eigenvalue weighted by molar-refractivity contribution is 5.78. The van der Waals surface area contributed by atoms with E-state index in [2.05, 4.69) is 18.7 Å². The molecule has 18 heavy (non-hydrogen) atoms. The molecule has 0 fully saturated rings. The van der Waals surface area contributed by atoms with E-state index in [1.165, 1.54) is 51.4 Å². The summed E-state index contributed by atoms with van der Waals surface area (Å²) in [6.07, 6.45) is 9.95. The molecular formula is C16H33NO. The van der Waals surface area contributed by atoms with E-state index in [1.807, 2.05) is 13.8 Å². The summed E-state index contributed by atoms with van der Waals surface area (Å²) < 4.78 is 0. The molecule has 0 heterocycles. The SMILES string of the molecule is CCCCCCN(CCCCCC)C(=O)C(C)C. The molecule has 0 saturated heterocycles. The quantitative estimate of drug-likeness (QED) is 0.493. The standard InChI is InChI=1S/C16H33NO/c1-5-7-9-11-13-17(16(18)15(3)4)14-12-10-8-6-2/h15H,5-14H2,1-4H3. The number of amides is 1. The molecule has 0 aliphatic rings. The van der Waals surface area contributed by atoms with Crippen LogP contribution in [0.3, 0.4) is 0 Å². The van der Waals surface area contributed by atoms with Crippen molar-refractivity contribution in [2.75, 3.05) is 13.1 Å². The highest BCUT2D eigenvalue weighted by atomic mass is 16.2. The van der Waals surface area contributed by atoms with E-state index in [1.54, 1.807) is 0 Å². The van der Waals surface area contributed by atoms with Gasteiger partial charge in [-0.05, 0) is 12.8 Å². The predicted octanol–water partition coefficient (Wildman–Crippen LogP) is 4.63. The number of hydrogen-bond donors (Lipinski definition) is 0. The van der Waals surface area contributed by atoms with Crippen molar-refractivity contribution in [3.8, 4) is 0 Å². The lowest BCUT2D eigenvalue weighted by Gasteiger charge is -2.24. The fourth-order valence-corrected chi connectivity index (χ4v) is 2.16. The smallest absolute Gasteiger partial charge is 0.225 e. The number of unbranched alkanes of at least 4 members (excludes halogenated alkanes) is 6. The number of carbonyl (C=O) groups is 1. The third-order valence-electron chi connectivity index (χ3n) is 3.37. The fourth-order valence-electron chi connectivity index (χ4n) is 2.16. The molecule has 0 spiro atoms. The van der Waals surface area contributed by atoms with Crippen molar-refractivity contribution in [1.82, 2.24) is 4.90 Å². The zero-order valence-corrected chi connectivity index (χ0v) is 13.0. The van der Waals surface area contributed by atoms with Gasteiger partial charge in [0.15, 0.2) is 0 Å². The maximum Gasteiger partial charge on any atom is 0.225 e. The molecule has 1 amide bonds. The van der Waals surface area contributed by atoms with E-state index in [9.17, 15) is 4.79 Å². The first-order valence-electron chi connectivity index (χ1n) is 7.92. The van der Waals surface area contributed by atoms with Crippen LogP contribution in [0.1, 0.15) is 79.1 Å². The van der Waals surface area contributed by atoms with Gasteiger partial charge < -0.3 is 4.90 Å². The Bertz CT molecular complexity index is 189. The highest BCUT2D eigenvalue weighted by Gasteiger charge is 2.15. The van der Waals surface area contributed by atoms with Crippen LogP contribution in [0.2, 0.25) is 0 Å². The van der Waals surface area contributed by atoms with Gasteiger partial charge in [0.1, 0.15) is 0 Å². The van der Waals surface area contributed by atoms with Crippen molar-refractivity contribution in [3.63, 3.8) is 0 Å². The minimum Gasteiger partial charge on any atom is -0.342 e. The normalized spacial score (nSPS) is 10.9. The summed E-state index contributed by atoms with van der Waals surface area (Å²) in [5.41, 5.74) is 0. The van der Waals surface area contributed by atoms with E-state index in [4.69, 9.17) is 0 Å². The summed E-state index contributed by atoms with van der Waals surface area (Å²) in [5.74, 6) is 0.477. The molecule has 0 aromatic heterocycles. The van der Waals surface area contributed by atoms with Crippen LogP contribution in [0.4, 0.5) is 0 Å². The van der Waals surface area contributed by atoms with Crippen molar-refractivity contribution in [2.45, 2.75) is 79.1 Å². The van der Waals surface area contributed by atoms with Gasteiger partial charge in [-0.2, -0.15) is 0 Å². The second kappa shape index (κ2) is 11.6. The Morgan fingerprint density at radius 2 is 1.28 bits per heavy atom. The van der Waals surface area contributed by atoms with Gasteiger partial charge in [0, 0.05) is 19.0 Å². The van der Waals surface area contributed by atoms with E-state index >= 15 is 0 Å². The van der Waals surface area contributed by atoms with Crippen LogP contribution in [0.25, 0.3) is 0 Å². The van der Waals surface area contributed by atoms with E-state index in [-0.39, 0.29) is 5.92 Å². The van der Waals surface area contributed by atoms with Gasteiger partial charge in [0.05, 0.1) is 0 Å². The summed E-state index contributed by atoms with van der Waals surface area (Å²) in [6, 6.07) is 0. The predicted molar refractivity (Wildman–Crippen MR) is 79.7 cm³/mol. The molecule has 0 bridgehead atoms. The van der Waals surface area contributed by atoms with Crippen LogP contribution >= 0.6 is 0 Å². The third-order valence-corrected chi connectivity index (χ3v) is 3.37. The molecule has 0 atom stereocenters. The molecule has 2 nitrogen and oxygen atoms in total. The summed E-state index contributed by atoms with van der Waals surface area (Å²) in [4.78, 5) is 14.2. The first-order valence-corrected chi connectivity index (χ1v) is 7.92. The van der Waals surface area contributed by atoms with E-state index in [0.29, 0.717) is 5.91 Å². The van der Waals surface area contributed by atoms with Crippen LogP contribution in [0.5, 0.6) is 0 Å². The Balaban J connectivity index is 3.96. The molecule has 2 heteroatoms. The lowest BCUT2D eigenvalue weighted by Crippen LogP contribution is -2.35. The molecular weight excluding hydrogens is 222 g/mol. The molecule has 0 aliphatic carbocycles. The van der Waals surface area contributed by atoms with Gasteiger partial charge in [-0.15, -0.1) is 0 Å². The van der Waals surface area contributed by atoms with Crippen LogP contribution in [0, 0.1) is 5.92 Å². The first-order chi connectivity index (χ1) is 8.63. The Hall–Kier alpha value is -0.530. The van der Waals surface area contributed by atoms with Crippen molar-refractivity contribution < 1.29 is 4.79 Å². The molecule has 0 aliphatic heterocycles. The topological polar surface area (TPSA) is 20.3 Å². The van der Waals surface area contributed by atoms with Gasteiger partial charge >= 0.3 is 0 Å². The number of rotatable bonds is 11. The molecule has 0 aromatic carbocycles. The lowest BCUT2D eigenvalue weighted by atomic mass is 10.1. The molecule has 0 unspecified atom stereocenters. The van der Waals surface area contributed by atoms with Crippen molar-refractivity contribution in [2.24, 2.45) is 5.92 Å². The highest BCUT2D eigenvalue weighted by Crippen LogP contribution is 2.09. The second-order valence-electron chi connectivity index (χ2n) is 5.60. The van der Waals surface area contributed by atoms with Crippen molar-refractivity contribution in [1.29, 1.82) is 0 Å². The summed E-state index contributed by atoms with van der Waals surface area (Å²) >= 11 is 0. The van der Waals surface area contributed by atoms with Gasteiger partial charge in [0.25, 0.3) is 0 Å². The zero-order valence-electron chi connectivity index (χ0n) is 13.0. The Morgan fingerprint density at radius 1 is 0.833 bits per heavy atom. The minimum atomic E-state index is 0.141. The molecule has 0 rings (SSSR count). The second-order valence-corrected chi connectivity index (χ2v) is 5.60. The third kappa shape index (κ3) is 8.54.